The van der Waals surface area contributed by atoms with Crippen LogP contribution in [0.25, 0.3) is 0 Å². The molecule has 7 nitrogen and oxygen atoms in total. The maximum atomic E-state index is 6.44. The van der Waals surface area contributed by atoms with Gasteiger partial charge in [-0.15, -0.1) is 0 Å². The molecule has 0 saturated heterocycles. The van der Waals surface area contributed by atoms with Gasteiger partial charge in [-0.05, 0) is 52.9 Å². The predicted octanol–water partition coefficient (Wildman–Crippen LogP) is 5.04. The Morgan fingerprint density at radius 3 is 1.66 bits per heavy atom. The Bertz CT molecular complexity index is 357. The van der Waals surface area contributed by atoms with Crippen molar-refractivity contribution in [2.45, 2.75) is 99.1 Å². The molecule has 0 radical (unpaired) electrons. The first-order chi connectivity index (χ1) is 14.0. The van der Waals surface area contributed by atoms with Crippen molar-refractivity contribution in [1.82, 2.24) is 0 Å². The zero-order valence-electron chi connectivity index (χ0n) is 19.9. The molecule has 0 aliphatic carbocycles. The number of ether oxygens (including phenoxy) is 3. The Balaban J connectivity index is 5.63. The molecule has 0 amide bonds. The van der Waals surface area contributed by atoms with Gasteiger partial charge in [0.05, 0.1) is 19.3 Å². The lowest BCUT2D eigenvalue weighted by Gasteiger charge is -2.39. The lowest BCUT2D eigenvalue weighted by atomic mass is 10.2. The first-order valence-corrected chi connectivity index (χ1v) is 13.1. The molecular formula is C21H46O7Si. The second-order valence-electron chi connectivity index (χ2n) is 6.92. The van der Waals surface area contributed by atoms with Gasteiger partial charge in [-0.2, -0.15) is 0 Å². The van der Waals surface area contributed by atoms with Crippen LogP contribution in [-0.4, -0.2) is 60.8 Å². The van der Waals surface area contributed by atoms with E-state index in [9.17, 15) is 0 Å². The van der Waals surface area contributed by atoms with Crippen molar-refractivity contribution < 1.29 is 31.9 Å². The fraction of sp³-hybridized carbons (Fsp3) is 1.00. The normalized spacial score (nSPS) is 13.8. The Kier molecular flexibility index (Phi) is 17.6. The highest BCUT2D eigenvalue weighted by molar-refractivity contribution is 6.53. The molecule has 0 aliphatic heterocycles. The maximum absolute atomic E-state index is 6.44. The van der Waals surface area contributed by atoms with Gasteiger partial charge in [-0.25, -0.2) is 0 Å². The maximum Gasteiger partial charge on any atom is 0.683 e. The molecule has 0 fully saturated rings. The van der Waals surface area contributed by atoms with Gasteiger partial charge in [0.2, 0.25) is 0 Å². The number of rotatable bonds is 21. The van der Waals surface area contributed by atoms with Gasteiger partial charge < -0.3 is 27.5 Å². The standard InChI is InChI=1S/C21H46O7Si/c1-8-16-22-20(7)14-15-21(23-17-9-2,24-18-10-3)28-29(25-12-5,26-13-6)27-19-11-4/h20H,8-19H2,1-7H3. The van der Waals surface area contributed by atoms with E-state index in [1.54, 1.807) is 0 Å². The van der Waals surface area contributed by atoms with E-state index in [2.05, 4.69) is 27.7 Å². The van der Waals surface area contributed by atoms with Gasteiger partial charge in [0.1, 0.15) is 0 Å². The molecule has 0 saturated carbocycles. The van der Waals surface area contributed by atoms with Crippen molar-refractivity contribution in [3.8, 4) is 0 Å². The fourth-order valence-corrected chi connectivity index (χ4v) is 4.77. The molecule has 8 heteroatoms. The quantitative estimate of drug-likeness (QED) is 0.184. The molecule has 0 heterocycles. The van der Waals surface area contributed by atoms with Crippen LogP contribution in [-0.2, 0) is 31.9 Å². The minimum Gasteiger partial charge on any atom is -0.379 e. The van der Waals surface area contributed by atoms with Crippen LogP contribution in [0.15, 0.2) is 0 Å². The fourth-order valence-electron chi connectivity index (χ4n) is 2.58. The van der Waals surface area contributed by atoms with E-state index in [1.165, 1.54) is 0 Å². The Hall–Kier alpha value is -0.0631. The van der Waals surface area contributed by atoms with E-state index in [1.807, 2.05) is 20.8 Å². The van der Waals surface area contributed by atoms with Gasteiger partial charge in [-0.1, -0.05) is 27.7 Å². The monoisotopic (exact) mass is 438 g/mol. The molecule has 0 aromatic carbocycles. The summed E-state index contributed by atoms with van der Waals surface area (Å²) in [6.07, 6.45) is 4.80. The van der Waals surface area contributed by atoms with E-state index in [4.69, 9.17) is 31.9 Å². The molecule has 0 spiro atoms. The third kappa shape index (κ3) is 12.4. The molecule has 0 N–H and O–H groups in total. The largest absolute Gasteiger partial charge is 0.683 e. The molecule has 1 unspecified atom stereocenters. The lowest BCUT2D eigenvalue weighted by Crippen LogP contribution is -2.58. The average Bonchev–Trinajstić information content (AvgIpc) is 2.72. The molecule has 0 aromatic heterocycles. The average molecular weight is 439 g/mol. The van der Waals surface area contributed by atoms with Gasteiger partial charge in [0.25, 0.3) is 5.97 Å². The van der Waals surface area contributed by atoms with Gasteiger partial charge in [0, 0.05) is 32.8 Å². The highest BCUT2D eigenvalue weighted by atomic mass is 28.4. The highest BCUT2D eigenvalue weighted by Crippen LogP contribution is 2.30. The van der Waals surface area contributed by atoms with E-state index in [0.717, 1.165) is 38.7 Å². The van der Waals surface area contributed by atoms with Crippen LogP contribution >= 0.6 is 0 Å². The Labute approximate surface area is 180 Å². The van der Waals surface area contributed by atoms with Crippen LogP contribution in [0.4, 0.5) is 0 Å². The molecule has 0 rings (SSSR count). The minimum atomic E-state index is -3.44. The van der Waals surface area contributed by atoms with E-state index >= 15 is 0 Å². The summed E-state index contributed by atoms with van der Waals surface area (Å²) in [4.78, 5) is 0. The zero-order chi connectivity index (χ0) is 22.0. The smallest absolute Gasteiger partial charge is 0.379 e. The van der Waals surface area contributed by atoms with E-state index < -0.39 is 15.0 Å². The number of hydrogen-bond donors (Lipinski definition) is 0. The third-order valence-electron chi connectivity index (χ3n) is 3.92. The first-order valence-electron chi connectivity index (χ1n) is 11.5. The van der Waals surface area contributed by atoms with E-state index in [0.29, 0.717) is 39.5 Å². The van der Waals surface area contributed by atoms with Crippen LogP contribution in [0.3, 0.4) is 0 Å². The summed E-state index contributed by atoms with van der Waals surface area (Å²) in [5, 5.41) is 0. The van der Waals surface area contributed by atoms with Crippen LogP contribution in [0, 0.1) is 0 Å². The summed E-state index contributed by atoms with van der Waals surface area (Å²) in [5.74, 6) is -1.28. The summed E-state index contributed by atoms with van der Waals surface area (Å²) in [6.45, 7) is 17.2. The van der Waals surface area contributed by atoms with Gasteiger partial charge >= 0.3 is 9.05 Å². The predicted molar refractivity (Wildman–Crippen MR) is 116 cm³/mol. The second kappa shape index (κ2) is 17.6. The van der Waals surface area contributed by atoms with Crippen molar-refractivity contribution in [1.29, 1.82) is 0 Å². The number of hydrogen-bond acceptors (Lipinski definition) is 7. The van der Waals surface area contributed by atoms with E-state index in [-0.39, 0.29) is 6.10 Å². The minimum absolute atomic E-state index is 0.0696. The van der Waals surface area contributed by atoms with Crippen LogP contribution in [0.1, 0.15) is 87.0 Å². The van der Waals surface area contributed by atoms with Crippen molar-refractivity contribution >= 4 is 9.05 Å². The van der Waals surface area contributed by atoms with Crippen molar-refractivity contribution in [2.24, 2.45) is 0 Å². The summed E-state index contributed by atoms with van der Waals surface area (Å²) >= 11 is 0. The van der Waals surface area contributed by atoms with Crippen molar-refractivity contribution in [2.75, 3.05) is 39.6 Å². The summed E-state index contributed by atoms with van der Waals surface area (Å²) in [7, 11) is -3.44. The van der Waals surface area contributed by atoms with Crippen molar-refractivity contribution in [3.63, 3.8) is 0 Å². The molecule has 1 atom stereocenters. The summed E-state index contributed by atoms with van der Waals surface area (Å²) in [5.41, 5.74) is 0. The topological polar surface area (TPSA) is 64.6 Å². The molecular weight excluding hydrogens is 392 g/mol. The Morgan fingerprint density at radius 2 is 1.21 bits per heavy atom. The van der Waals surface area contributed by atoms with Crippen LogP contribution in [0.2, 0.25) is 0 Å². The molecule has 176 valence electrons. The highest BCUT2D eigenvalue weighted by Gasteiger charge is 2.53. The van der Waals surface area contributed by atoms with Crippen LogP contribution in [0.5, 0.6) is 0 Å². The second-order valence-corrected chi connectivity index (χ2v) is 8.99. The first kappa shape index (κ1) is 28.9. The van der Waals surface area contributed by atoms with Gasteiger partial charge in [-0.3, -0.25) is 4.43 Å². The lowest BCUT2D eigenvalue weighted by molar-refractivity contribution is -0.370. The zero-order valence-corrected chi connectivity index (χ0v) is 20.9. The molecule has 0 bridgehead atoms. The Morgan fingerprint density at radius 1 is 0.690 bits per heavy atom. The molecule has 0 aromatic rings. The van der Waals surface area contributed by atoms with Crippen LogP contribution < -0.4 is 0 Å². The third-order valence-corrected chi connectivity index (χ3v) is 6.32. The van der Waals surface area contributed by atoms with Gasteiger partial charge in [0.15, 0.2) is 0 Å². The SMILES string of the molecule is CCCOC(C)CCC(OCCC)(OCCC)O[Si](OCC)(OCC)OCCC. The molecule has 0 aliphatic rings. The molecule has 29 heavy (non-hydrogen) atoms. The summed E-state index contributed by atoms with van der Waals surface area (Å²) in [6, 6.07) is 0. The van der Waals surface area contributed by atoms with Crippen molar-refractivity contribution in [3.05, 3.63) is 0 Å². The summed E-state index contributed by atoms with van der Waals surface area (Å²) < 4.78 is 42.5.